The minimum atomic E-state index is -2.75. The van der Waals surface area contributed by atoms with Crippen LogP contribution >= 0.6 is 7.29 Å². The Morgan fingerprint density at radius 1 is 0.773 bits per heavy atom. The standard InChI is InChI=1S/C18H23N2OP/c1-19-13-8-14-20(16-15-19)22(21,17-9-4-2-5-10-17)18-11-6-3-7-12-18/h2-7,9-12H,8,13-16H2,1H3. The average Bonchev–Trinajstić information content (AvgIpc) is 2.81. The highest BCUT2D eigenvalue weighted by Gasteiger charge is 2.34. The number of likely N-dealkylation sites (N-methyl/N-ethyl adjacent to an activating group) is 1. The fourth-order valence-corrected chi connectivity index (χ4v) is 5.95. The zero-order valence-corrected chi connectivity index (χ0v) is 14.0. The first-order chi connectivity index (χ1) is 10.7. The third kappa shape index (κ3) is 3.03. The highest BCUT2D eigenvalue weighted by molar-refractivity contribution is 7.76. The van der Waals surface area contributed by atoms with Crippen LogP contribution in [0.15, 0.2) is 60.7 Å². The normalized spacial score (nSPS) is 18.0. The fraction of sp³-hybridized carbons (Fsp3) is 0.333. The second-order valence-corrected chi connectivity index (χ2v) is 8.61. The molecule has 0 unspecified atom stereocenters. The summed E-state index contributed by atoms with van der Waals surface area (Å²) in [7, 11) is -0.609. The Kier molecular flexibility index (Phi) is 4.77. The minimum Gasteiger partial charge on any atom is -0.305 e. The molecule has 0 amide bonds. The SMILES string of the molecule is CN1CCCN(P(=O)(c2ccccc2)c2ccccc2)CC1. The van der Waals surface area contributed by atoms with Crippen molar-refractivity contribution in [2.24, 2.45) is 0 Å². The maximum atomic E-state index is 14.1. The summed E-state index contributed by atoms with van der Waals surface area (Å²) in [6.07, 6.45) is 1.06. The predicted molar refractivity (Wildman–Crippen MR) is 93.4 cm³/mol. The van der Waals surface area contributed by atoms with Crippen LogP contribution in [0.2, 0.25) is 0 Å². The van der Waals surface area contributed by atoms with E-state index in [9.17, 15) is 4.57 Å². The summed E-state index contributed by atoms with van der Waals surface area (Å²) in [6, 6.07) is 19.9. The summed E-state index contributed by atoms with van der Waals surface area (Å²) in [5.41, 5.74) is 0. The molecular weight excluding hydrogens is 291 g/mol. The van der Waals surface area contributed by atoms with Crippen LogP contribution in [-0.2, 0) is 4.57 Å². The van der Waals surface area contributed by atoms with Gasteiger partial charge < -0.3 is 4.90 Å². The molecule has 0 N–H and O–H groups in total. The number of hydrogen-bond donors (Lipinski definition) is 0. The molecule has 0 aromatic heterocycles. The molecule has 1 heterocycles. The molecule has 4 heteroatoms. The molecule has 1 fully saturated rings. The van der Waals surface area contributed by atoms with Crippen LogP contribution in [0, 0.1) is 0 Å². The molecule has 22 heavy (non-hydrogen) atoms. The second-order valence-electron chi connectivity index (χ2n) is 5.86. The summed E-state index contributed by atoms with van der Waals surface area (Å²) in [5.74, 6) is 0. The van der Waals surface area contributed by atoms with Crippen molar-refractivity contribution in [1.29, 1.82) is 0 Å². The van der Waals surface area contributed by atoms with Crippen LogP contribution in [0.3, 0.4) is 0 Å². The minimum absolute atomic E-state index is 0.845. The second kappa shape index (κ2) is 6.78. The number of benzene rings is 2. The van der Waals surface area contributed by atoms with E-state index in [2.05, 4.69) is 16.6 Å². The van der Waals surface area contributed by atoms with Crippen molar-refractivity contribution in [3.05, 3.63) is 60.7 Å². The van der Waals surface area contributed by atoms with Crippen LogP contribution in [-0.4, -0.2) is 42.8 Å². The lowest BCUT2D eigenvalue weighted by molar-refractivity contribution is 0.348. The lowest BCUT2D eigenvalue weighted by Crippen LogP contribution is -2.34. The van der Waals surface area contributed by atoms with E-state index in [1.165, 1.54) is 0 Å². The number of nitrogens with zero attached hydrogens (tertiary/aromatic N) is 2. The maximum absolute atomic E-state index is 14.1. The Bertz CT molecular complexity index is 601. The van der Waals surface area contributed by atoms with Crippen molar-refractivity contribution in [2.45, 2.75) is 6.42 Å². The first-order valence-corrected chi connectivity index (χ1v) is 9.52. The molecule has 0 spiro atoms. The highest BCUT2D eigenvalue weighted by Crippen LogP contribution is 2.47. The molecule has 2 aromatic rings. The van der Waals surface area contributed by atoms with E-state index >= 15 is 0 Å². The van der Waals surface area contributed by atoms with E-state index in [0.29, 0.717) is 0 Å². The van der Waals surface area contributed by atoms with Gasteiger partial charge in [-0.1, -0.05) is 36.4 Å². The van der Waals surface area contributed by atoms with Crippen molar-refractivity contribution in [3.63, 3.8) is 0 Å². The van der Waals surface area contributed by atoms with E-state index in [1.807, 2.05) is 60.7 Å². The molecule has 1 aliphatic rings. The summed E-state index contributed by atoms with van der Waals surface area (Å²) < 4.78 is 16.3. The Morgan fingerprint density at radius 2 is 1.32 bits per heavy atom. The van der Waals surface area contributed by atoms with Crippen LogP contribution in [0.5, 0.6) is 0 Å². The Hall–Kier alpha value is -1.41. The highest BCUT2D eigenvalue weighted by atomic mass is 31.2. The Morgan fingerprint density at radius 3 is 1.86 bits per heavy atom. The molecule has 2 aromatic carbocycles. The molecule has 0 bridgehead atoms. The zero-order valence-electron chi connectivity index (χ0n) is 13.1. The maximum Gasteiger partial charge on any atom is 0.207 e. The molecule has 0 atom stereocenters. The summed E-state index contributed by atoms with van der Waals surface area (Å²) in [5, 5.41) is 1.87. The molecule has 0 saturated carbocycles. The molecule has 0 aliphatic carbocycles. The van der Waals surface area contributed by atoms with E-state index < -0.39 is 7.29 Å². The van der Waals surface area contributed by atoms with Crippen molar-refractivity contribution >= 4 is 17.9 Å². The number of rotatable bonds is 3. The van der Waals surface area contributed by atoms with E-state index in [4.69, 9.17) is 0 Å². The molecule has 1 aliphatic heterocycles. The van der Waals surface area contributed by atoms with Crippen LogP contribution in [0.4, 0.5) is 0 Å². The smallest absolute Gasteiger partial charge is 0.207 e. The summed E-state index contributed by atoms with van der Waals surface area (Å²) in [6.45, 7) is 3.76. The molecule has 3 rings (SSSR count). The fourth-order valence-electron chi connectivity index (χ4n) is 3.05. The van der Waals surface area contributed by atoms with Gasteiger partial charge in [-0.3, -0.25) is 4.57 Å². The van der Waals surface area contributed by atoms with Crippen LogP contribution in [0.1, 0.15) is 6.42 Å². The van der Waals surface area contributed by atoms with Crippen LogP contribution in [0.25, 0.3) is 0 Å². The van der Waals surface area contributed by atoms with Gasteiger partial charge in [0.2, 0.25) is 7.29 Å². The lowest BCUT2D eigenvalue weighted by atomic mass is 10.4. The predicted octanol–water partition coefficient (Wildman–Crippen LogP) is 2.55. The van der Waals surface area contributed by atoms with E-state index in [1.54, 1.807) is 0 Å². The Labute approximate surface area is 133 Å². The molecular formula is C18H23N2OP. The molecule has 0 radical (unpaired) electrons. The summed E-state index contributed by atoms with van der Waals surface area (Å²) >= 11 is 0. The first kappa shape index (κ1) is 15.5. The quantitative estimate of drug-likeness (QED) is 0.814. The summed E-state index contributed by atoms with van der Waals surface area (Å²) in [4.78, 5) is 2.32. The van der Waals surface area contributed by atoms with Crippen molar-refractivity contribution in [2.75, 3.05) is 33.2 Å². The molecule has 1 saturated heterocycles. The third-order valence-electron chi connectivity index (χ3n) is 4.31. The zero-order chi connectivity index (χ0) is 15.4. The number of hydrogen-bond acceptors (Lipinski definition) is 2. The van der Waals surface area contributed by atoms with Gasteiger partial charge in [-0.2, -0.15) is 0 Å². The lowest BCUT2D eigenvalue weighted by Gasteiger charge is -2.31. The van der Waals surface area contributed by atoms with E-state index in [-0.39, 0.29) is 0 Å². The largest absolute Gasteiger partial charge is 0.305 e. The first-order valence-electron chi connectivity index (χ1n) is 7.86. The van der Waals surface area contributed by atoms with Crippen molar-refractivity contribution in [3.8, 4) is 0 Å². The van der Waals surface area contributed by atoms with Gasteiger partial charge in [0.1, 0.15) is 0 Å². The van der Waals surface area contributed by atoms with Gasteiger partial charge in [0, 0.05) is 30.2 Å². The van der Waals surface area contributed by atoms with Crippen molar-refractivity contribution < 1.29 is 4.57 Å². The van der Waals surface area contributed by atoms with Gasteiger partial charge >= 0.3 is 0 Å². The van der Waals surface area contributed by atoms with Gasteiger partial charge in [-0.25, -0.2) is 4.67 Å². The van der Waals surface area contributed by atoms with Gasteiger partial charge in [0.05, 0.1) is 0 Å². The molecule has 3 nitrogen and oxygen atoms in total. The Balaban J connectivity index is 2.06. The van der Waals surface area contributed by atoms with E-state index in [0.717, 1.165) is 43.2 Å². The van der Waals surface area contributed by atoms with Gasteiger partial charge in [-0.15, -0.1) is 0 Å². The van der Waals surface area contributed by atoms with Crippen LogP contribution < -0.4 is 10.6 Å². The third-order valence-corrected chi connectivity index (χ3v) is 7.50. The topological polar surface area (TPSA) is 23.6 Å². The molecule has 116 valence electrons. The van der Waals surface area contributed by atoms with Gasteiger partial charge in [-0.05, 0) is 44.3 Å². The monoisotopic (exact) mass is 314 g/mol. The van der Waals surface area contributed by atoms with Gasteiger partial charge in [0.15, 0.2) is 0 Å². The van der Waals surface area contributed by atoms with Gasteiger partial charge in [0.25, 0.3) is 0 Å². The average molecular weight is 314 g/mol. The van der Waals surface area contributed by atoms with Crippen molar-refractivity contribution in [1.82, 2.24) is 9.57 Å².